The fourth-order valence-electron chi connectivity index (χ4n) is 0.732. The van der Waals surface area contributed by atoms with Crippen molar-refractivity contribution in [3.05, 3.63) is 28.0 Å². The number of nitro groups is 1. The van der Waals surface area contributed by atoms with Gasteiger partial charge in [-0.3, -0.25) is 14.9 Å². The van der Waals surface area contributed by atoms with Crippen molar-refractivity contribution in [1.29, 1.82) is 0 Å². The molecule has 0 aliphatic rings. The molecule has 0 bridgehead atoms. The molecule has 1 heterocycles. The third-order valence-corrected chi connectivity index (χ3v) is 1.77. The number of hydrogen-bond acceptors (Lipinski definition) is 5. The molecule has 0 saturated heterocycles. The molecule has 0 fully saturated rings. The molecule has 1 aromatic rings. The van der Waals surface area contributed by atoms with E-state index in [4.69, 9.17) is 4.42 Å². The van der Waals surface area contributed by atoms with Gasteiger partial charge in [-0.15, -0.1) is 0 Å². The van der Waals surface area contributed by atoms with Crippen LogP contribution >= 0.6 is 15.9 Å². The summed E-state index contributed by atoms with van der Waals surface area (Å²) >= 11 is 2.90. The number of carbonyl (C=O) groups excluding carboxylic acids is 1. The number of ether oxygens (including phenoxy) is 1. The summed E-state index contributed by atoms with van der Waals surface area (Å²) in [5.74, 6) is -0.579. The zero-order chi connectivity index (χ0) is 10.6. The van der Waals surface area contributed by atoms with E-state index in [2.05, 4.69) is 20.7 Å². The minimum absolute atomic E-state index is 0.0792. The quantitative estimate of drug-likeness (QED) is 0.357. The number of furan rings is 1. The molecule has 0 atom stereocenters. The van der Waals surface area contributed by atoms with Crippen LogP contribution in [0.1, 0.15) is 5.76 Å². The van der Waals surface area contributed by atoms with E-state index in [0.29, 0.717) is 0 Å². The summed E-state index contributed by atoms with van der Waals surface area (Å²) in [5, 5.41) is 10.3. The average molecular weight is 264 g/mol. The van der Waals surface area contributed by atoms with Gasteiger partial charge in [0.05, 0.1) is 6.07 Å². The lowest BCUT2D eigenvalue weighted by molar-refractivity contribution is -0.402. The molecule has 0 unspecified atom stereocenters. The summed E-state index contributed by atoms with van der Waals surface area (Å²) in [7, 11) is 0. The minimum Gasteiger partial charge on any atom is -0.457 e. The number of halogens is 1. The van der Waals surface area contributed by atoms with E-state index < -0.39 is 10.9 Å². The lowest BCUT2D eigenvalue weighted by Crippen LogP contribution is -2.04. The van der Waals surface area contributed by atoms with Crippen molar-refractivity contribution in [3.63, 3.8) is 0 Å². The summed E-state index contributed by atoms with van der Waals surface area (Å²) in [6, 6.07) is 2.59. The number of hydrogen-bond donors (Lipinski definition) is 0. The molecule has 1 rings (SSSR count). The molecule has 0 aliphatic heterocycles. The fraction of sp³-hybridized carbons (Fsp3) is 0.286. The number of alkyl halides is 1. The first-order valence-electron chi connectivity index (χ1n) is 3.58. The molecular weight excluding hydrogens is 258 g/mol. The Morgan fingerprint density at radius 1 is 1.64 bits per heavy atom. The highest BCUT2D eigenvalue weighted by Gasteiger charge is 2.12. The van der Waals surface area contributed by atoms with Gasteiger partial charge in [0, 0.05) is 0 Å². The van der Waals surface area contributed by atoms with E-state index in [1.165, 1.54) is 12.1 Å². The van der Waals surface area contributed by atoms with Crippen LogP contribution in [0.5, 0.6) is 0 Å². The number of esters is 1. The van der Waals surface area contributed by atoms with E-state index in [9.17, 15) is 14.9 Å². The van der Waals surface area contributed by atoms with E-state index in [1.54, 1.807) is 0 Å². The molecular formula is C7H6BrNO5. The van der Waals surface area contributed by atoms with Crippen molar-refractivity contribution in [3.8, 4) is 0 Å². The van der Waals surface area contributed by atoms with Gasteiger partial charge in [-0.1, -0.05) is 15.9 Å². The second-order valence-electron chi connectivity index (χ2n) is 2.29. The lowest BCUT2D eigenvalue weighted by atomic mass is 10.5. The molecule has 0 spiro atoms. The Bertz CT molecular complexity index is 348. The van der Waals surface area contributed by atoms with Gasteiger partial charge in [-0.2, -0.15) is 0 Å². The zero-order valence-corrected chi connectivity index (χ0v) is 8.52. The predicted octanol–water partition coefficient (Wildman–Crippen LogP) is 1.63. The third-order valence-electron chi connectivity index (χ3n) is 1.31. The number of rotatable bonds is 4. The van der Waals surface area contributed by atoms with Crippen molar-refractivity contribution in [2.45, 2.75) is 6.61 Å². The molecule has 7 heteroatoms. The first-order chi connectivity index (χ1) is 6.63. The van der Waals surface area contributed by atoms with Gasteiger partial charge in [0.2, 0.25) is 0 Å². The first kappa shape index (κ1) is 10.7. The van der Waals surface area contributed by atoms with Crippen molar-refractivity contribution in [1.82, 2.24) is 0 Å². The largest absolute Gasteiger partial charge is 0.457 e. The lowest BCUT2D eigenvalue weighted by Gasteiger charge is -1.97. The predicted molar refractivity (Wildman–Crippen MR) is 49.0 cm³/mol. The van der Waals surface area contributed by atoms with E-state index >= 15 is 0 Å². The molecule has 0 radical (unpaired) electrons. The van der Waals surface area contributed by atoms with Crippen LogP contribution in [0.4, 0.5) is 5.88 Å². The summed E-state index contributed by atoms with van der Waals surface area (Å²) in [5.41, 5.74) is 0. The molecule has 76 valence electrons. The molecule has 1 aromatic heterocycles. The summed E-state index contributed by atoms with van der Waals surface area (Å²) in [6.45, 7) is -0.0989. The van der Waals surface area contributed by atoms with E-state index in [0.717, 1.165) is 0 Å². The van der Waals surface area contributed by atoms with Gasteiger partial charge < -0.3 is 9.15 Å². The maximum absolute atomic E-state index is 10.7. The maximum atomic E-state index is 10.7. The summed E-state index contributed by atoms with van der Waals surface area (Å²) in [6.07, 6.45) is 0. The van der Waals surface area contributed by atoms with Crippen molar-refractivity contribution in [2.75, 3.05) is 5.33 Å². The molecule has 0 N–H and O–H groups in total. The third kappa shape index (κ3) is 2.84. The highest BCUT2D eigenvalue weighted by atomic mass is 79.9. The van der Waals surface area contributed by atoms with Crippen LogP contribution in [0, 0.1) is 10.1 Å². The standard InChI is InChI=1S/C7H6BrNO5/c8-3-7(10)13-4-5-1-2-6(14-5)9(11)12/h1-2H,3-4H2. The Hall–Kier alpha value is -1.37. The highest BCUT2D eigenvalue weighted by Crippen LogP contribution is 2.16. The van der Waals surface area contributed by atoms with Gasteiger partial charge in [0.15, 0.2) is 0 Å². The number of nitrogens with zero attached hydrogens (tertiary/aromatic N) is 1. The van der Waals surface area contributed by atoms with Crippen LogP contribution in [0.2, 0.25) is 0 Å². The van der Waals surface area contributed by atoms with Crippen LogP contribution in [0.25, 0.3) is 0 Å². The summed E-state index contributed by atoms with van der Waals surface area (Å²) in [4.78, 5) is 20.2. The van der Waals surface area contributed by atoms with Crippen LogP contribution < -0.4 is 0 Å². The fourth-order valence-corrected chi connectivity index (χ4v) is 0.894. The second-order valence-corrected chi connectivity index (χ2v) is 2.85. The molecule has 0 aliphatic carbocycles. The minimum atomic E-state index is -0.657. The van der Waals surface area contributed by atoms with Crippen molar-refractivity contribution >= 4 is 27.8 Å². The van der Waals surface area contributed by atoms with Crippen LogP contribution in [-0.2, 0) is 16.1 Å². The topological polar surface area (TPSA) is 82.6 Å². The Kier molecular flexibility index (Phi) is 3.63. The van der Waals surface area contributed by atoms with Crippen LogP contribution in [0.15, 0.2) is 16.5 Å². The van der Waals surface area contributed by atoms with Crippen LogP contribution in [-0.4, -0.2) is 16.2 Å². The Labute approximate surface area is 87.1 Å². The first-order valence-corrected chi connectivity index (χ1v) is 4.70. The monoisotopic (exact) mass is 263 g/mol. The Balaban J connectivity index is 2.52. The second kappa shape index (κ2) is 4.75. The van der Waals surface area contributed by atoms with Crippen molar-refractivity contribution in [2.24, 2.45) is 0 Å². The normalized spacial score (nSPS) is 9.79. The SMILES string of the molecule is O=C(CBr)OCc1ccc([N+](=O)[O-])o1. The smallest absolute Gasteiger partial charge is 0.433 e. The highest BCUT2D eigenvalue weighted by molar-refractivity contribution is 9.09. The molecule has 0 amide bonds. The maximum Gasteiger partial charge on any atom is 0.433 e. The van der Waals surface area contributed by atoms with Crippen LogP contribution in [0.3, 0.4) is 0 Å². The zero-order valence-electron chi connectivity index (χ0n) is 6.94. The van der Waals surface area contributed by atoms with E-state index in [-0.39, 0.29) is 23.6 Å². The van der Waals surface area contributed by atoms with Gasteiger partial charge in [-0.25, -0.2) is 0 Å². The molecule has 14 heavy (non-hydrogen) atoms. The van der Waals surface area contributed by atoms with Gasteiger partial charge in [-0.05, 0) is 6.07 Å². The Morgan fingerprint density at radius 3 is 2.86 bits per heavy atom. The van der Waals surface area contributed by atoms with Gasteiger partial charge >= 0.3 is 11.9 Å². The van der Waals surface area contributed by atoms with Gasteiger partial charge in [0.25, 0.3) is 0 Å². The van der Waals surface area contributed by atoms with Gasteiger partial charge in [0.1, 0.15) is 22.6 Å². The number of carbonyl (C=O) groups is 1. The van der Waals surface area contributed by atoms with Crippen molar-refractivity contribution < 1.29 is 18.9 Å². The summed E-state index contributed by atoms with van der Waals surface area (Å²) < 4.78 is 9.42. The molecule has 6 nitrogen and oxygen atoms in total. The molecule has 0 aromatic carbocycles. The molecule has 0 saturated carbocycles. The van der Waals surface area contributed by atoms with E-state index in [1.807, 2.05) is 0 Å². The Morgan fingerprint density at radius 2 is 2.36 bits per heavy atom. The average Bonchev–Trinajstić information content (AvgIpc) is 2.62.